The van der Waals surface area contributed by atoms with Crippen molar-refractivity contribution in [1.29, 1.82) is 0 Å². The topological polar surface area (TPSA) is 92.4 Å². The number of benzene rings is 3. The van der Waals surface area contributed by atoms with E-state index in [1.54, 1.807) is 24.3 Å². The van der Waals surface area contributed by atoms with E-state index < -0.39 is 0 Å². The number of phenolic OH excluding ortho intramolecular Hbond substituents is 1. The lowest BCUT2D eigenvalue weighted by atomic mass is 10.2. The number of nitrogens with one attached hydrogen (secondary N) is 1. The average molecular weight is 444 g/mol. The van der Waals surface area contributed by atoms with Crippen LogP contribution in [0.1, 0.15) is 11.1 Å². The number of aromatic hydroxyl groups is 1. The van der Waals surface area contributed by atoms with E-state index in [2.05, 4.69) is 20.7 Å². The molecule has 0 spiro atoms. The van der Waals surface area contributed by atoms with Crippen molar-refractivity contribution in [2.75, 3.05) is 5.75 Å². The molecule has 0 radical (unpaired) electrons. The van der Waals surface area contributed by atoms with Gasteiger partial charge in [0.2, 0.25) is 0 Å². The van der Waals surface area contributed by atoms with Gasteiger partial charge in [-0.25, -0.2) is 5.43 Å². The average Bonchev–Trinajstić information content (AvgIpc) is 3.23. The summed E-state index contributed by atoms with van der Waals surface area (Å²) in [4.78, 5) is 12.3. The minimum atomic E-state index is -0.272. The lowest BCUT2D eigenvalue weighted by Crippen LogP contribution is -2.20. The molecular formula is C24H21N5O2S. The Bertz CT molecular complexity index is 1240. The number of rotatable bonds is 7. The van der Waals surface area contributed by atoms with Crippen LogP contribution in [0.2, 0.25) is 0 Å². The Morgan fingerprint density at radius 3 is 2.59 bits per heavy atom. The fourth-order valence-electron chi connectivity index (χ4n) is 3.01. The largest absolute Gasteiger partial charge is 0.508 e. The molecule has 160 valence electrons. The highest BCUT2D eigenvalue weighted by Crippen LogP contribution is 2.28. The van der Waals surface area contributed by atoms with Crippen molar-refractivity contribution in [1.82, 2.24) is 20.2 Å². The van der Waals surface area contributed by atoms with E-state index in [0.717, 1.165) is 16.8 Å². The van der Waals surface area contributed by atoms with E-state index in [1.807, 2.05) is 66.1 Å². The first-order valence-electron chi connectivity index (χ1n) is 9.92. The highest BCUT2D eigenvalue weighted by molar-refractivity contribution is 7.99. The van der Waals surface area contributed by atoms with Crippen molar-refractivity contribution in [3.05, 3.63) is 90.0 Å². The Kier molecular flexibility index (Phi) is 6.62. The predicted molar refractivity (Wildman–Crippen MR) is 126 cm³/mol. The molecule has 0 saturated heterocycles. The zero-order valence-corrected chi connectivity index (χ0v) is 18.2. The molecule has 4 aromatic rings. The van der Waals surface area contributed by atoms with Crippen LogP contribution in [-0.2, 0) is 4.79 Å². The first kappa shape index (κ1) is 21.3. The third-order valence-electron chi connectivity index (χ3n) is 4.56. The van der Waals surface area contributed by atoms with Gasteiger partial charge in [-0.15, -0.1) is 10.2 Å². The van der Waals surface area contributed by atoms with Crippen LogP contribution in [0.4, 0.5) is 0 Å². The summed E-state index contributed by atoms with van der Waals surface area (Å²) < 4.78 is 1.95. The number of amides is 1. The zero-order valence-electron chi connectivity index (χ0n) is 17.3. The summed E-state index contributed by atoms with van der Waals surface area (Å²) in [6, 6.07) is 24.5. The van der Waals surface area contributed by atoms with Crippen molar-refractivity contribution < 1.29 is 9.90 Å². The fraction of sp³-hybridized carbons (Fsp3) is 0.0833. The van der Waals surface area contributed by atoms with Gasteiger partial charge in [0.05, 0.1) is 12.0 Å². The minimum Gasteiger partial charge on any atom is -0.508 e. The van der Waals surface area contributed by atoms with Crippen molar-refractivity contribution >= 4 is 23.9 Å². The number of phenols is 1. The van der Waals surface area contributed by atoms with Crippen LogP contribution in [0, 0.1) is 6.92 Å². The third-order valence-corrected chi connectivity index (χ3v) is 5.49. The van der Waals surface area contributed by atoms with Crippen LogP contribution in [0.25, 0.3) is 17.1 Å². The summed E-state index contributed by atoms with van der Waals surface area (Å²) in [5.41, 5.74) is 6.19. The van der Waals surface area contributed by atoms with E-state index in [4.69, 9.17) is 0 Å². The maximum absolute atomic E-state index is 12.3. The molecule has 0 aliphatic carbocycles. The summed E-state index contributed by atoms with van der Waals surface area (Å²) in [5.74, 6) is 0.696. The van der Waals surface area contributed by atoms with Gasteiger partial charge in [-0.05, 0) is 36.8 Å². The second kappa shape index (κ2) is 9.93. The molecule has 2 N–H and O–H groups in total. The number of hydrogen-bond donors (Lipinski definition) is 2. The zero-order chi connectivity index (χ0) is 22.3. The number of nitrogens with zero attached hydrogens (tertiary/aromatic N) is 4. The number of hydrogen-bond acceptors (Lipinski definition) is 6. The number of aromatic nitrogens is 3. The number of carbonyl (C=O) groups excluding carboxylic acids is 1. The van der Waals surface area contributed by atoms with Crippen LogP contribution >= 0.6 is 11.8 Å². The fourth-order valence-corrected chi connectivity index (χ4v) is 3.75. The Morgan fingerprint density at radius 1 is 1.06 bits per heavy atom. The summed E-state index contributed by atoms with van der Waals surface area (Å²) >= 11 is 1.28. The highest BCUT2D eigenvalue weighted by Gasteiger charge is 2.17. The normalized spacial score (nSPS) is 11.0. The molecule has 1 aromatic heterocycles. The lowest BCUT2D eigenvalue weighted by Gasteiger charge is -2.10. The van der Waals surface area contributed by atoms with Gasteiger partial charge >= 0.3 is 0 Å². The van der Waals surface area contributed by atoms with Crippen molar-refractivity contribution in [3.8, 4) is 22.8 Å². The number of hydrazone groups is 1. The molecule has 8 heteroatoms. The summed E-state index contributed by atoms with van der Waals surface area (Å²) in [7, 11) is 0. The van der Waals surface area contributed by atoms with Crippen molar-refractivity contribution in [2.45, 2.75) is 12.1 Å². The van der Waals surface area contributed by atoms with E-state index in [0.29, 0.717) is 16.5 Å². The predicted octanol–water partition coefficient (Wildman–Crippen LogP) is 4.19. The highest BCUT2D eigenvalue weighted by atomic mass is 32.2. The minimum absolute atomic E-state index is 0.121. The maximum atomic E-state index is 12.3. The number of thioether (sulfide) groups is 1. The van der Waals surface area contributed by atoms with Gasteiger partial charge in [-0.1, -0.05) is 71.9 Å². The van der Waals surface area contributed by atoms with E-state index in [-0.39, 0.29) is 17.4 Å². The van der Waals surface area contributed by atoms with Gasteiger partial charge in [-0.2, -0.15) is 5.10 Å². The Balaban J connectivity index is 1.50. The molecule has 7 nitrogen and oxygen atoms in total. The second-order valence-electron chi connectivity index (χ2n) is 7.02. The summed E-state index contributed by atoms with van der Waals surface area (Å²) in [6.45, 7) is 2.03. The Morgan fingerprint density at radius 2 is 1.84 bits per heavy atom. The van der Waals surface area contributed by atoms with Crippen molar-refractivity contribution in [3.63, 3.8) is 0 Å². The smallest absolute Gasteiger partial charge is 0.250 e. The summed E-state index contributed by atoms with van der Waals surface area (Å²) in [6.07, 6.45) is 1.48. The first-order chi connectivity index (χ1) is 15.6. The Labute approximate surface area is 189 Å². The SMILES string of the molecule is Cc1ccc(-n2c(SCC(=O)N/N=C/c3cccc(O)c3)nnc2-c2ccccc2)cc1. The molecule has 0 atom stereocenters. The number of carbonyl (C=O) groups is 1. The Hall–Kier alpha value is -3.91. The van der Waals surface area contributed by atoms with E-state index >= 15 is 0 Å². The quantitative estimate of drug-likeness (QED) is 0.254. The monoisotopic (exact) mass is 443 g/mol. The van der Waals surface area contributed by atoms with Crippen LogP contribution in [-0.4, -0.2) is 37.7 Å². The first-order valence-corrected chi connectivity index (χ1v) is 10.9. The molecule has 0 fully saturated rings. The van der Waals surface area contributed by atoms with Crippen molar-refractivity contribution in [2.24, 2.45) is 5.10 Å². The molecule has 1 heterocycles. The second-order valence-corrected chi connectivity index (χ2v) is 7.96. The molecule has 4 rings (SSSR count). The number of aryl methyl sites for hydroxylation is 1. The van der Waals surface area contributed by atoms with Crippen LogP contribution in [0.15, 0.2) is 89.1 Å². The standard InChI is InChI=1S/C24H21N5O2S/c1-17-10-12-20(13-11-17)29-23(19-7-3-2-4-8-19)27-28-24(29)32-16-22(31)26-25-15-18-6-5-9-21(30)14-18/h2-15,30H,16H2,1H3,(H,26,31)/b25-15+. The van der Waals surface area contributed by atoms with Gasteiger partial charge in [0, 0.05) is 11.3 Å². The van der Waals surface area contributed by atoms with Crippen LogP contribution in [0.5, 0.6) is 5.75 Å². The molecule has 0 bridgehead atoms. The molecule has 3 aromatic carbocycles. The van der Waals surface area contributed by atoms with Crippen LogP contribution in [0.3, 0.4) is 0 Å². The third kappa shape index (κ3) is 5.22. The van der Waals surface area contributed by atoms with E-state index in [1.165, 1.54) is 18.0 Å². The lowest BCUT2D eigenvalue weighted by molar-refractivity contribution is -0.118. The molecule has 0 aliphatic rings. The van der Waals surface area contributed by atoms with Gasteiger partial charge in [0.1, 0.15) is 5.75 Å². The molecule has 32 heavy (non-hydrogen) atoms. The van der Waals surface area contributed by atoms with Gasteiger partial charge in [-0.3, -0.25) is 9.36 Å². The molecule has 0 aliphatic heterocycles. The van der Waals surface area contributed by atoms with Gasteiger partial charge in [0.25, 0.3) is 5.91 Å². The van der Waals surface area contributed by atoms with Gasteiger partial charge in [0.15, 0.2) is 11.0 Å². The van der Waals surface area contributed by atoms with Gasteiger partial charge < -0.3 is 5.11 Å². The molecular weight excluding hydrogens is 422 g/mol. The maximum Gasteiger partial charge on any atom is 0.250 e. The van der Waals surface area contributed by atoms with Crippen LogP contribution < -0.4 is 5.43 Å². The van der Waals surface area contributed by atoms with E-state index in [9.17, 15) is 9.90 Å². The summed E-state index contributed by atoms with van der Waals surface area (Å²) in [5, 5.41) is 22.8. The molecule has 1 amide bonds. The molecule has 0 unspecified atom stereocenters. The molecule has 0 saturated carbocycles.